The monoisotopic (exact) mass is 475 g/mol. The molecule has 9 nitrogen and oxygen atoms in total. The quantitative estimate of drug-likeness (QED) is 0.277. The first-order valence-electron chi connectivity index (χ1n) is 11.4. The van der Waals surface area contributed by atoms with E-state index in [-0.39, 0.29) is 35.7 Å². The first kappa shape index (κ1) is 25.4. The average Bonchev–Trinajstić information content (AvgIpc) is 2.82. The van der Waals surface area contributed by atoms with Gasteiger partial charge in [-0.05, 0) is 54.8 Å². The van der Waals surface area contributed by atoms with Crippen LogP contribution in [0.2, 0.25) is 0 Å². The lowest BCUT2D eigenvalue weighted by atomic mass is 10.1. The van der Waals surface area contributed by atoms with E-state index in [2.05, 4.69) is 20.9 Å². The molecule has 1 aromatic heterocycles. The Hall–Kier alpha value is -4.27. The van der Waals surface area contributed by atoms with Crippen molar-refractivity contribution in [2.75, 3.05) is 10.6 Å². The van der Waals surface area contributed by atoms with Crippen molar-refractivity contribution in [2.45, 2.75) is 39.8 Å². The van der Waals surface area contributed by atoms with Gasteiger partial charge in [-0.25, -0.2) is 0 Å². The van der Waals surface area contributed by atoms with Gasteiger partial charge in [0.15, 0.2) is 0 Å². The number of carbonyl (C=O) groups excluding carboxylic acids is 2. The fourth-order valence-electron chi connectivity index (χ4n) is 3.51. The van der Waals surface area contributed by atoms with Gasteiger partial charge in [0.05, 0.1) is 16.7 Å². The summed E-state index contributed by atoms with van der Waals surface area (Å²) in [6, 6.07) is 16.7. The molecule has 2 aromatic carbocycles. The number of nitrogens with one attached hydrogen (secondary N) is 3. The van der Waals surface area contributed by atoms with Crippen molar-refractivity contribution in [1.82, 2.24) is 10.3 Å². The number of pyridine rings is 1. The van der Waals surface area contributed by atoms with Crippen molar-refractivity contribution in [1.29, 1.82) is 0 Å². The van der Waals surface area contributed by atoms with E-state index in [1.165, 1.54) is 12.1 Å². The number of benzene rings is 2. The lowest BCUT2D eigenvalue weighted by molar-refractivity contribution is -0.384. The van der Waals surface area contributed by atoms with Gasteiger partial charge in [0.2, 0.25) is 5.91 Å². The predicted molar refractivity (Wildman–Crippen MR) is 135 cm³/mol. The molecule has 0 aliphatic heterocycles. The molecule has 1 heterocycles. The standard InChI is InChI=1S/C26H29N5O4/c1-17(2)13-25(32)30-21-8-6-7-19(14-21)16-28-26(33)20-10-11-23(24(15-20)31(34)35)29-18(3)22-9-4-5-12-27-22/h4-12,14-15,17-18,29H,13,16H2,1-3H3,(H,28,33)(H,30,32). The third-order valence-electron chi connectivity index (χ3n) is 5.22. The molecule has 1 atom stereocenters. The highest BCUT2D eigenvalue weighted by Crippen LogP contribution is 2.29. The number of rotatable bonds is 10. The minimum Gasteiger partial charge on any atom is -0.371 e. The number of anilines is 2. The molecule has 0 radical (unpaired) electrons. The molecular formula is C26H29N5O4. The van der Waals surface area contributed by atoms with Crippen LogP contribution in [-0.4, -0.2) is 21.7 Å². The van der Waals surface area contributed by atoms with Crippen LogP contribution in [0.4, 0.5) is 17.1 Å². The second-order valence-electron chi connectivity index (χ2n) is 8.64. The van der Waals surface area contributed by atoms with Crippen molar-refractivity contribution in [3.63, 3.8) is 0 Å². The smallest absolute Gasteiger partial charge is 0.293 e. The summed E-state index contributed by atoms with van der Waals surface area (Å²) in [5.41, 5.74) is 2.46. The van der Waals surface area contributed by atoms with Crippen molar-refractivity contribution in [3.05, 3.63) is 93.8 Å². The molecule has 3 N–H and O–H groups in total. The number of nitro groups is 1. The summed E-state index contributed by atoms with van der Waals surface area (Å²) in [6.45, 7) is 6.00. The molecule has 35 heavy (non-hydrogen) atoms. The summed E-state index contributed by atoms with van der Waals surface area (Å²) in [4.78, 5) is 40.1. The van der Waals surface area contributed by atoms with Crippen molar-refractivity contribution in [2.24, 2.45) is 5.92 Å². The van der Waals surface area contributed by atoms with E-state index in [1.807, 2.05) is 39.0 Å². The maximum Gasteiger partial charge on any atom is 0.293 e. The van der Waals surface area contributed by atoms with E-state index in [4.69, 9.17) is 0 Å². The Labute approximate surface area is 204 Å². The predicted octanol–water partition coefficient (Wildman–Crippen LogP) is 5.08. The van der Waals surface area contributed by atoms with Crippen LogP contribution in [0.25, 0.3) is 0 Å². The van der Waals surface area contributed by atoms with Gasteiger partial charge in [0.25, 0.3) is 11.6 Å². The van der Waals surface area contributed by atoms with E-state index >= 15 is 0 Å². The number of hydrogen-bond donors (Lipinski definition) is 3. The second kappa shape index (κ2) is 11.7. The summed E-state index contributed by atoms with van der Waals surface area (Å²) in [5, 5.41) is 20.4. The van der Waals surface area contributed by atoms with Crippen LogP contribution in [0.3, 0.4) is 0 Å². The number of nitrogens with zero attached hydrogens (tertiary/aromatic N) is 2. The highest BCUT2D eigenvalue weighted by molar-refractivity contribution is 5.95. The van der Waals surface area contributed by atoms with E-state index < -0.39 is 10.8 Å². The number of hydrogen-bond acceptors (Lipinski definition) is 6. The second-order valence-corrected chi connectivity index (χ2v) is 8.64. The van der Waals surface area contributed by atoms with Gasteiger partial charge in [0, 0.05) is 36.5 Å². The third-order valence-corrected chi connectivity index (χ3v) is 5.22. The molecule has 0 spiro atoms. The van der Waals surface area contributed by atoms with Gasteiger partial charge in [-0.15, -0.1) is 0 Å². The minimum atomic E-state index is -0.520. The molecule has 0 fully saturated rings. The molecule has 0 saturated heterocycles. The van der Waals surface area contributed by atoms with E-state index in [9.17, 15) is 19.7 Å². The Morgan fingerprint density at radius 3 is 2.51 bits per heavy atom. The fraction of sp³-hybridized carbons (Fsp3) is 0.269. The Morgan fingerprint density at radius 1 is 1.03 bits per heavy atom. The van der Waals surface area contributed by atoms with E-state index in [0.29, 0.717) is 17.8 Å². The molecule has 182 valence electrons. The molecule has 0 bridgehead atoms. The first-order chi connectivity index (χ1) is 16.7. The van der Waals surface area contributed by atoms with E-state index in [1.54, 1.807) is 36.5 Å². The highest BCUT2D eigenvalue weighted by Gasteiger charge is 2.19. The maximum atomic E-state index is 12.7. The number of amides is 2. The summed E-state index contributed by atoms with van der Waals surface area (Å²) in [6.07, 6.45) is 2.08. The highest BCUT2D eigenvalue weighted by atomic mass is 16.6. The van der Waals surface area contributed by atoms with Gasteiger partial charge < -0.3 is 16.0 Å². The largest absolute Gasteiger partial charge is 0.371 e. The molecular weight excluding hydrogens is 446 g/mol. The van der Waals surface area contributed by atoms with Crippen LogP contribution in [0.15, 0.2) is 66.9 Å². The summed E-state index contributed by atoms with van der Waals surface area (Å²) < 4.78 is 0. The van der Waals surface area contributed by atoms with Crippen LogP contribution in [0, 0.1) is 16.0 Å². The van der Waals surface area contributed by atoms with Crippen LogP contribution in [0.5, 0.6) is 0 Å². The Kier molecular flexibility index (Phi) is 8.50. The van der Waals surface area contributed by atoms with Gasteiger partial charge in [-0.3, -0.25) is 24.7 Å². The molecule has 0 aliphatic rings. The molecule has 2 amide bonds. The maximum absolute atomic E-state index is 12.7. The summed E-state index contributed by atoms with van der Waals surface area (Å²) in [5.74, 6) is -0.257. The summed E-state index contributed by atoms with van der Waals surface area (Å²) >= 11 is 0. The fourth-order valence-corrected chi connectivity index (χ4v) is 3.51. The molecule has 3 aromatic rings. The minimum absolute atomic E-state index is 0.0699. The first-order valence-corrected chi connectivity index (χ1v) is 11.4. The summed E-state index contributed by atoms with van der Waals surface area (Å²) in [7, 11) is 0. The van der Waals surface area contributed by atoms with Crippen LogP contribution in [0.1, 0.15) is 54.8 Å². The third kappa shape index (κ3) is 7.36. The zero-order chi connectivity index (χ0) is 25.4. The topological polar surface area (TPSA) is 126 Å². The van der Waals surface area contributed by atoms with Gasteiger partial charge in [-0.1, -0.05) is 32.0 Å². The molecule has 3 rings (SSSR count). The Bertz CT molecular complexity index is 1200. The number of aromatic nitrogens is 1. The SMILES string of the molecule is CC(C)CC(=O)Nc1cccc(CNC(=O)c2ccc(NC(C)c3ccccn3)c([N+](=O)[O-])c2)c1. The Morgan fingerprint density at radius 2 is 1.83 bits per heavy atom. The van der Waals surface area contributed by atoms with Crippen molar-refractivity contribution in [3.8, 4) is 0 Å². The van der Waals surface area contributed by atoms with Crippen molar-refractivity contribution >= 4 is 28.9 Å². The van der Waals surface area contributed by atoms with E-state index in [0.717, 1.165) is 11.3 Å². The number of carbonyl (C=O) groups is 2. The lowest BCUT2D eigenvalue weighted by Crippen LogP contribution is -2.23. The zero-order valence-electron chi connectivity index (χ0n) is 19.9. The molecule has 1 unspecified atom stereocenters. The van der Waals surface area contributed by atoms with Gasteiger partial charge in [0.1, 0.15) is 5.69 Å². The van der Waals surface area contributed by atoms with Crippen LogP contribution in [-0.2, 0) is 11.3 Å². The van der Waals surface area contributed by atoms with Gasteiger partial charge in [-0.2, -0.15) is 0 Å². The molecule has 0 aliphatic carbocycles. The van der Waals surface area contributed by atoms with Gasteiger partial charge >= 0.3 is 0 Å². The van der Waals surface area contributed by atoms with Crippen molar-refractivity contribution < 1.29 is 14.5 Å². The van der Waals surface area contributed by atoms with Crippen LogP contribution >= 0.6 is 0 Å². The Balaban J connectivity index is 1.66. The lowest BCUT2D eigenvalue weighted by Gasteiger charge is -2.15. The zero-order valence-corrected chi connectivity index (χ0v) is 19.9. The number of nitro benzene ring substituents is 1. The molecule has 9 heteroatoms. The average molecular weight is 476 g/mol. The van der Waals surface area contributed by atoms with Crippen LogP contribution < -0.4 is 16.0 Å². The normalized spacial score (nSPS) is 11.5. The molecule has 0 saturated carbocycles.